The van der Waals surface area contributed by atoms with Crippen molar-refractivity contribution >= 4 is 34.7 Å². The first-order valence-electron chi connectivity index (χ1n) is 13.0. The van der Waals surface area contributed by atoms with E-state index in [0.29, 0.717) is 11.3 Å². The summed E-state index contributed by atoms with van der Waals surface area (Å²) in [4.78, 5) is 69.9. The first-order valence-corrected chi connectivity index (χ1v) is 13.0. The van der Waals surface area contributed by atoms with E-state index >= 15 is 0 Å². The number of ketones is 4. The largest absolute Gasteiger partial charge is 0.507 e. The molecule has 2 fully saturated rings. The number of phenols is 1. The van der Waals surface area contributed by atoms with Crippen molar-refractivity contribution in [3.8, 4) is 16.9 Å². The number of phenolic OH excluding ortho intramolecular Hbond substituents is 1. The quantitative estimate of drug-likeness (QED) is 0.455. The zero-order chi connectivity index (χ0) is 30.3. The number of likely N-dealkylation sites (N-methyl/N-ethyl adjacent to an activating group) is 1. The van der Waals surface area contributed by atoms with Gasteiger partial charge in [-0.1, -0.05) is 6.07 Å². The van der Waals surface area contributed by atoms with Gasteiger partial charge in [-0.05, 0) is 62.2 Å². The molecule has 4 N–H and O–H groups in total. The Morgan fingerprint density at radius 3 is 2.24 bits per heavy atom. The highest BCUT2D eigenvalue weighted by molar-refractivity contribution is 6.32. The topological polar surface area (TPSA) is 158 Å². The van der Waals surface area contributed by atoms with E-state index in [2.05, 4.69) is 0 Å². The number of carbonyl (C=O) groups is 5. The molecule has 0 spiro atoms. The van der Waals surface area contributed by atoms with Crippen LogP contribution in [0.3, 0.4) is 0 Å². The predicted molar refractivity (Wildman–Crippen MR) is 141 cm³/mol. The second-order valence-corrected chi connectivity index (χ2v) is 11.5. The summed E-state index contributed by atoms with van der Waals surface area (Å²) >= 11 is 0. The fourth-order valence-corrected chi connectivity index (χ4v) is 6.93. The highest BCUT2D eigenvalue weighted by Gasteiger charge is 2.69. The van der Waals surface area contributed by atoms with Crippen molar-refractivity contribution < 1.29 is 43.0 Å². The summed E-state index contributed by atoms with van der Waals surface area (Å²) in [5.41, 5.74) is 3.23. The summed E-state index contributed by atoms with van der Waals surface area (Å²) in [7, 11) is 6.40. The Bertz CT molecular complexity index is 1560. The Balaban J connectivity index is 1.69. The van der Waals surface area contributed by atoms with Gasteiger partial charge in [0.25, 0.3) is 0 Å². The summed E-state index contributed by atoms with van der Waals surface area (Å²) in [5.74, 6) is -14.0. The number of carbonyl (C=O) groups excluding carboxylic acids is 5. The Morgan fingerprint density at radius 2 is 1.68 bits per heavy atom. The summed E-state index contributed by atoms with van der Waals surface area (Å²) in [6.45, 7) is 0. The van der Waals surface area contributed by atoms with E-state index in [-0.39, 0.29) is 29.5 Å². The van der Waals surface area contributed by atoms with Crippen molar-refractivity contribution in [2.75, 3.05) is 33.1 Å². The molecular weight excluding hydrogens is 540 g/mol. The zero-order valence-corrected chi connectivity index (χ0v) is 22.8. The van der Waals surface area contributed by atoms with Gasteiger partial charge in [-0.2, -0.15) is 0 Å². The standard InChI is InChI=1S/C29H29F2N3O7/c1-33(2)18-10-13(11-5-6-16(30)17(31)9-11)23(35)20-14(18)7-12-8-15-22(34(3)4)25(37)21(28(32)40)27(39)29(15,41)26(38)19(12)24(20)36/h5-6,9-10,12,15,19,21-22,35,41H,7-8H2,1-4H3,(H2,32,40)/t12-,15-,19?,21?,22+,29+/m1/s1. The van der Waals surface area contributed by atoms with Crippen molar-refractivity contribution in [2.45, 2.75) is 24.5 Å². The Labute approximate surface area is 233 Å². The summed E-state index contributed by atoms with van der Waals surface area (Å²) in [6.07, 6.45) is -0.00653. The number of hydrogen-bond acceptors (Lipinski definition) is 9. The van der Waals surface area contributed by atoms with Crippen molar-refractivity contribution in [3.63, 3.8) is 0 Å². The van der Waals surface area contributed by atoms with Crippen LogP contribution in [0.1, 0.15) is 22.3 Å². The number of aliphatic hydroxyl groups is 1. The molecule has 0 saturated heterocycles. The van der Waals surface area contributed by atoms with Gasteiger partial charge >= 0.3 is 0 Å². The van der Waals surface area contributed by atoms with Crippen molar-refractivity contribution in [1.29, 1.82) is 0 Å². The number of rotatable bonds is 4. The number of Topliss-reactive ketones (excluding diaryl/α,β-unsaturated/α-hetero) is 4. The smallest absolute Gasteiger partial charge is 0.235 e. The van der Waals surface area contributed by atoms with Crippen LogP contribution in [0.25, 0.3) is 11.1 Å². The van der Waals surface area contributed by atoms with E-state index in [9.17, 15) is 43.0 Å². The maximum absolute atomic E-state index is 14.1. The Morgan fingerprint density at radius 1 is 1.02 bits per heavy atom. The lowest BCUT2D eigenvalue weighted by Gasteiger charge is -2.52. The molecule has 0 aromatic heterocycles. The third-order valence-electron chi connectivity index (χ3n) is 8.75. The van der Waals surface area contributed by atoms with Crippen LogP contribution in [0.5, 0.6) is 5.75 Å². The molecule has 216 valence electrons. The van der Waals surface area contributed by atoms with Crippen LogP contribution >= 0.6 is 0 Å². The number of halogens is 2. The maximum atomic E-state index is 14.1. The van der Waals surface area contributed by atoms with Gasteiger partial charge in [0.15, 0.2) is 46.3 Å². The number of aromatic hydroxyl groups is 1. The third-order valence-corrected chi connectivity index (χ3v) is 8.75. The molecule has 2 aromatic carbocycles. The molecule has 5 rings (SSSR count). The molecule has 2 saturated carbocycles. The average molecular weight is 570 g/mol. The van der Waals surface area contributed by atoms with Crippen LogP contribution in [-0.4, -0.2) is 84.0 Å². The number of benzene rings is 2. The van der Waals surface area contributed by atoms with Gasteiger partial charge in [-0.3, -0.25) is 28.9 Å². The molecule has 6 atom stereocenters. The van der Waals surface area contributed by atoms with Gasteiger partial charge in [0.1, 0.15) is 5.75 Å². The van der Waals surface area contributed by atoms with Gasteiger partial charge in [-0.25, -0.2) is 8.78 Å². The van der Waals surface area contributed by atoms with E-state index < -0.39 is 81.7 Å². The number of anilines is 1. The molecule has 12 heteroatoms. The molecule has 1 amide bonds. The maximum Gasteiger partial charge on any atom is 0.235 e. The van der Waals surface area contributed by atoms with E-state index in [1.165, 1.54) is 31.1 Å². The van der Waals surface area contributed by atoms with Gasteiger partial charge in [0.05, 0.1) is 17.5 Å². The SMILES string of the molecule is CN(C)c1cc(-c2ccc(F)c(F)c2)c(O)c2c1C[C@@H]1C[C@@H]3[C@H](N(C)C)C(=O)C(C(N)=O)C(=O)[C@@]3(O)C(=O)C1C2=O. The van der Waals surface area contributed by atoms with Crippen LogP contribution in [0.2, 0.25) is 0 Å². The van der Waals surface area contributed by atoms with Crippen LogP contribution in [0.15, 0.2) is 24.3 Å². The fraction of sp³-hybridized carbons (Fsp3) is 0.414. The van der Waals surface area contributed by atoms with Gasteiger partial charge < -0.3 is 20.8 Å². The fourth-order valence-electron chi connectivity index (χ4n) is 6.93. The van der Waals surface area contributed by atoms with Crippen molar-refractivity contribution in [2.24, 2.45) is 29.4 Å². The van der Waals surface area contributed by atoms with Gasteiger partial charge in [-0.15, -0.1) is 0 Å². The molecule has 10 nitrogen and oxygen atoms in total. The van der Waals surface area contributed by atoms with E-state index in [0.717, 1.165) is 12.1 Å². The summed E-state index contributed by atoms with van der Waals surface area (Å²) in [6, 6.07) is 3.31. The zero-order valence-electron chi connectivity index (χ0n) is 22.8. The highest BCUT2D eigenvalue weighted by atomic mass is 19.2. The monoisotopic (exact) mass is 569 g/mol. The number of fused-ring (bicyclic) bond motifs is 3. The van der Waals surface area contributed by atoms with Crippen LogP contribution in [0, 0.1) is 35.3 Å². The van der Waals surface area contributed by atoms with Gasteiger partial charge in [0.2, 0.25) is 5.91 Å². The predicted octanol–water partition coefficient (Wildman–Crippen LogP) is 0.878. The highest BCUT2D eigenvalue weighted by Crippen LogP contribution is 2.53. The first-order chi connectivity index (χ1) is 19.1. The lowest BCUT2D eigenvalue weighted by molar-refractivity contribution is -0.181. The number of amides is 1. The summed E-state index contributed by atoms with van der Waals surface area (Å²) in [5, 5.41) is 23.0. The van der Waals surface area contributed by atoms with Crippen molar-refractivity contribution in [1.82, 2.24) is 4.90 Å². The molecular formula is C29H29F2N3O7. The molecule has 0 aliphatic heterocycles. The van der Waals surface area contributed by atoms with Crippen molar-refractivity contribution in [3.05, 3.63) is 47.0 Å². The molecule has 0 heterocycles. The molecule has 2 aromatic rings. The van der Waals surface area contributed by atoms with Gasteiger partial charge in [0, 0.05) is 31.3 Å². The first kappa shape index (κ1) is 28.5. The second-order valence-electron chi connectivity index (χ2n) is 11.5. The lowest BCUT2D eigenvalue weighted by atomic mass is 9.52. The Hall–Kier alpha value is -4.03. The van der Waals surface area contributed by atoms with Crippen LogP contribution in [-0.2, 0) is 25.6 Å². The minimum absolute atomic E-state index is 0.0128. The van der Waals surface area contributed by atoms with E-state index in [1.807, 2.05) is 0 Å². The van der Waals surface area contributed by atoms with E-state index in [1.54, 1.807) is 19.0 Å². The molecule has 2 unspecified atom stereocenters. The molecule has 3 aliphatic carbocycles. The van der Waals surface area contributed by atoms with E-state index in [4.69, 9.17) is 5.73 Å². The molecule has 3 aliphatic rings. The molecule has 0 radical (unpaired) electrons. The Kier molecular flexibility index (Phi) is 6.62. The average Bonchev–Trinajstić information content (AvgIpc) is 2.87. The molecule has 41 heavy (non-hydrogen) atoms. The third kappa shape index (κ3) is 3.91. The summed E-state index contributed by atoms with van der Waals surface area (Å²) < 4.78 is 27.7. The normalized spacial score (nSPS) is 29.2. The number of nitrogens with zero attached hydrogens (tertiary/aromatic N) is 2. The number of primary amides is 1. The van der Waals surface area contributed by atoms with Crippen LogP contribution in [0.4, 0.5) is 14.5 Å². The second kappa shape index (κ2) is 9.52. The number of nitrogens with two attached hydrogens (primary N) is 1. The molecule has 0 bridgehead atoms. The number of hydrogen-bond donors (Lipinski definition) is 3. The van der Waals surface area contributed by atoms with Crippen LogP contribution < -0.4 is 10.6 Å². The lowest BCUT2D eigenvalue weighted by Crippen LogP contribution is -2.74. The minimum atomic E-state index is -2.84. The minimum Gasteiger partial charge on any atom is -0.507 e.